The van der Waals surface area contributed by atoms with E-state index in [-0.39, 0.29) is 19.0 Å². The zero-order valence-corrected chi connectivity index (χ0v) is 20.0. The quantitative estimate of drug-likeness (QED) is 0.405. The summed E-state index contributed by atoms with van der Waals surface area (Å²) >= 11 is 0. The number of benzene rings is 2. The third-order valence-electron chi connectivity index (χ3n) is 5.24. The van der Waals surface area contributed by atoms with E-state index in [0.717, 1.165) is 34.9 Å². The maximum Gasteiger partial charge on any atom is 0.311 e. The summed E-state index contributed by atoms with van der Waals surface area (Å²) in [5.41, 5.74) is 6.26. The van der Waals surface area contributed by atoms with Gasteiger partial charge >= 0.3 is 5.97 Å². The van der Waals surface area contributed by atoms with Crippen LogP contribution in [0.4, 0.5) is 0 Å². The van der Waals surface area contributed by atoms with E-state index in [4.69, 9.17) is 5.11 Å². The first-order valence-corrected chi connectivity index (χ1v) is 11.3. The highest BCUT2D eigenvalue weighted by molar-refractivity contribution is 5.71. The molecule has 0 unspecified atom stereocenters. The fourth-order valence-corrected chi connectivity index (χ4v) is 3.66. The van der Waals surface area contributed by atoms with Gasteiger partial charge in [0.25, 0.3) is 0 Å². The summed E-state index contributed by atoms with van der Waals surface area (Å²) in [5, 5.41) is 17.8. The molecule has 0 saturated carbocycles. The van der Waals surface area contributed by atoms with E-state index in [1.807, 2.05) is 83.9 Å². The van der Waals surface area contributed by atoms with Crippen LogP contribution in [0.2, 0.25) is 0 Å². The predicted molar refractivity (Wildman–Crippen MR) is 132 cm³/mol. The van der Waals surface area contributed by atoms with Crippen molar-refractivity contribution in [1.82, 2.24) is 19.6 Å². The van der Waals surface area contributed by atoms with Gasteiger partial charge in [-0.3, -0.25) is 14.2 Å². The van der Waals surface area contributed by atoms with Crippen molar-refractivity contribution in [3.8, 4) is 0 Å². The van der Waals surface area contributed by atoms with Crippen molar-refractivity contribution >= 4 is 5.97 Å². The first-order valence-electron chi connectivity index (χ1n) is 11.3. The monoisotopic (exact) mass is 460 g/mol. The van der Waals surface area contributed by atoms with E-state index in [1.165, 1.54) is 12.7 Å². The molecule has 1 N–H and O–H groups in total. The molecule has 0 spiro atoms. The summed E-state index contributed by atoms with van der Waals surface area (Å²) in [7, 11) is 1.40. The van der Waals surface area contributed by atoms with Crippen LogP contribution in [0.3, 0.4) is 0 Å². The van der Waals surface area contributed by atoms with E-state index >= 15 is 0 Å². The number of esters is 1. The van der Waals surface area contributed by atoms with Crippen molar-refractivity contribution in [2.75, 3.05) is 13.7 Å². The van der Waals surface area contributed by atoms with Crippen LogP contribution in [0.25, 0.3) is 0 Å². The summed E-state index contributed by atoms with van der Waals surface area (Å²) < 4.78 is 8.50. The largest absolute Gasteiger partial charge is 0.469 e. The van der Waals surface area contributed by atoms with Gasteiger partial charge in [0.2, 0.25) is 0 Å². The van der Waals surface area contributed by atoms with E-state index in [2.05, 4.69) is 27.1 Å². The Kier molecular flexibility index (Phi) is 9.17. The van der Waals surface area contributed by atoms with Crippen LogP contribution in [-0.2, 0) is 35.5 Å². The summed E-state index contributed by atoms with van der Waals surface area (Å²) in [6, 6.07) is 24.2. The molecule has 0 atom stereocenters. The van der Waals surface area contributed by atoms with Crippen LogP contribution in [-0.4, -0.2) is 44.4 Å². The number of aliphatic hydroxyl groups is 1. The number of hydrogen-bond acceptors (Lipinski definition) is 5. The van der Waals surface area contributed by atoms with Crippen molar-refractivity contribution < 1.29 is 14.6 Å². The third kappa shape index (κ3) is 7.42. The number of hydrogen-bond donors (Lipinski definition) is 1. The molecule has 0 radical (unpaired) electrons. The lowest BCUT2D eigenvalue weighted by Gasteiger charge is -2.06. The molecule has 2 aromatic carbocycles. The Morgan fingerprint density at radius 3 is 1.76 bits per heavy atom. The van der Waals surface area contributed by atoms with Gasteiger partial charge in [-0.25, -0.2) is 0 Å². The second-order valence-corrected chi connectivity index (χ2v) is 8.07. The van der Waals surface area contributed by atoms with Gasteiger partial charge in [-0.15, -0.1) is 0 Å². The molecular weight excluding hydrogens is 428 g/mol. The number of methoxy groups -OCH3 is 1. The summed E-state index contributed by atoms with van der Waals surface area (Å²) in [6.07, 6.45) is 0.915. The Labute approximate surface area is 200 Å². The average Bonchev–Trinajstić information content (AvgIpc) is 3.36. The average molecular weight is 461 g/mol. The first kappa shape index (κ1) is 24.9. The van der Waals surface area contributed by atoms with E-state index in [0.29, 0.717) is 13.0 Å². The predicted octanol–water partition coefficient (Wildman–Crippen LogP) is 3.73. The van der Waals surface area contributed by atoms with Gasteiger partial charge in [0.05, 0.1) is 43.7 Å². The molecule has 178 valence electrons. The molecule has 7 nitrogen and oxygen atoms in total. The topological polar surface area (TPSA) is 82.2 Å². The highest BCUT2D eigenvalue weighted by atomic mass is 16.5. The minimum Gasteiger partial charge on any atom is -0.469 e. The molecule has 7 heteroatoms. The van der Waals surface area contributed by atoms with Crippen LogP contribution in [0.15, 0.2) is 72.8 Å². The fraction of sp³-hybridized carbons (Fsp3) is 0.296. The number of rotatable bonds is 8. The number of aryl methyl sites for hydroxylation is 2. The highest BCUT2D eigenvalue weighted by Crippen LogP contribution is 2.10. The molecule has 0 fully saturated rings. The maximum atomic E-state index is 11.3. The van der Waals surface area contributed by atoms with Crippen molar-refractivity contribution in [1.29, 1.82) is 0 Å². The van der Waals surface area contributed by atoms with E-state index in [9.17, 15) is 4.79 Å². The van der Waals surface area contributed by atoms with Crippen LogP contribution < -0.4 is 0 Å². The van der Waals surface area contributed by atoms with Gasteiger partial charge in [-0.2, -0.15) is 10.2 Å². The zero-order valence-electron chi connectivity index (χ0n) is 20.0. The maximum absolute atomic E-state index is 11.3. The SMILES string of the molecule is COC(=O)Cc1cc(C)nn1Cc1ccccc1.Cc1cc(CCO)n(Cc2ccccc2)n1. The molecule has 0 aliphatic heterocycles. The number of aromatic nitrogens is 4. The van der Waals surface area contributed by atoms with Crippen LogP contribution in [0, 0.1) is 13.8 Å². The number of aliphatic hydroxyl groups excluding tert-OH is 1. The van der Waals surface area contributed by atoms with E-state index in [1.54, 1.807) is 0 Å². The van der Waals surface area contributed by atoms with Gasteiger partial charge in [-0.05, 0) is 37.1 Å². The van der Waals surface area contributed by atoms with E-state index < -0.39 is 0 Å². The molecule has 0 amide bonds. The Balaban J connectivity index is 0.000000192. The number of carbonyl (C=O) groups excluding carboxylic acids is 1. The molecule has 4 rings (SSSR count). The summed E-state index contributed by atoms with van der Waals surface area (Å²) in [5.74, 6) is -0.246. The summed E-state index contributed by atoms with van der Waals surface area (Å²) in [6.45, 7) is 5.50. The molecular formula is C27H32N4O3. The van der Waals surface area contributed by atoms with Gasteiger partial charge in [-0.1, -0.05) is 60.7 Å². The lowest BCUT2D eigenvalue weighted by Crippen LogP contribution is -2.12. The smallest absolute Gasteiger partial charge is 0.311 e. The third-order valence-corrected chi connectivity index (χ3v) is 5.24. The van der Waals surface area contributed by atoms with Crippen LogP contribution >= 0.6 is 0 Å². The van der Waals surface area contributed by atoms with Crippen LogP contribution in [0.1, 0.15) is 33.9 Å². The number of carbonyl (C=O) groups is 1. The molecule has 0 bridgehead atoms. The number of ether oxygens (including phenoxy) is 1. The van der Waals surface area contributed by atoms with Crippen molar-refractivity contribution in [3.05, 3.63) is 107 Å². The molecule has 0 saturated heterocycles. The normalized spacial score (nSPS) is 10.5. The number of nitrogens with zero attached hydrogens (tertiary/aromatic N) is 4. The second-order valence-electron chi connectivity index (χ2n) is 8.07. The highest BCUT2D eigenvalue weighted by Gasteiger charge is 2.11. The molecule has 2 heterocycles. The van der Waals surface area contributed by atoms with Crippen molar-refractivity contribution in [2.24, 2.45) is 0 Å². The zero-order chi connectivity index (χ0) is 24.3. The van der Waals surface area contributed by atoms with Gasteiger partial charge < -0.3 is 9.84 Å². The Hall–Kier alpha value is -3.71. The lowest BCUT2D eigenvalue weighted by molar-refractivity contribution is -0.139. The Morgan fingerprint density at radius 2 is 1.29 bits per heavy atom. The van der Waals surface area contributed by atoms with Crippen molar-refractivity contribution in [3.63, 3.8) is 0 Å². The van der Waals surface area contributed by atoms with Crippen molar-refractivity contribution in [2.45, 2.75) is 39.8 Å². The standard InChI is InChI=1S/C14H16N2O2.C13H16N2O/c1-11-8-13(9-14(17)18-2)16(15-11)10-12-6-4-3-5-7-12;1-11-9-13(7-8-16)15(14-11)10-12-5-3-2-4-6-12/h3-8H,9-10H2,1-2H3;2-6,9,16H,7-8,10H2,1H3. The minimum absolute atomic E-state index is 0.167. The second kappa shape index (κ2) is 12.5. The molecule has 4 aromatic rings. The van der Waals surface area contributed by atoms with Gasteiger partial charge in [0.1, 0.15) is 0 Å². The van der Waals surface area contributed by atoms with Gasteiger partial charge in [0.15, 0.2) is 0 Å². The Bertz CT molecular complexity index is 1170. The summed E-state index contributed by atoms with van der Waals surface area (Å²) in [4.78, 5) is 11.3. The molecule has 0 aliphatic rings. The lowest BCUT2D eigenvalue weighted by atomic mass is 10.2. The first-order chi connectivity index (χ1) is 16.5. The molecule has 34 heavy (non-hydrogen) atoms. The minimum atomic E-state index is -0.246. The Morgan fingerprint density at radius 1 is 0.824 bits per heavy atom. The molecule has 0 aliphatic carbocycles. The fourth-order valence-electron chi connectivity index (χ4n) is 3.66. The molecule has 2 aromatic heterocycles. The van der Waals surface area contributed by atoms with Gasteiger partial charge in [0, 0.05) is 18.7 Å². The van der Waals surface area contributed by atoms with Crippen LogP contribution in [0.5, 0.6) is 0 Å².